The van der Waals surface area contributed by atoms with Gasteiger partial charge in [0.15, 0.2) is 0 Å². The quantitative estimate of drug-likeness (QED) is 0.650. The maximum atomic E-state index is 12.6. The van der Waals surface area contributed by atoms with Crippen molar-refractivity contribution in [2.24, 2.45) is 0 Å². The van der Waals surface area contributed by atoms with Gasteiger partial charge >= 0.3 is 0 Å². The zero-order valence-electron chi connectivity index (χ0n) is 11.6. The third-order valence-electron chi connectivity index (χ3n) is 3.44. The van der Waals surface area contributed by atoms with E-state index in [1.165, 1.54) is 0 Å². The highest BCUT2D eigenvalue weighted by Crippen LogP contribution is 2.19. The van der Waals surface area contributed by atoms with Crippen LogP contribution in [-0.4, -0.2) is 10.8 Å². The normalized spacial score (nSPS) is 10.7. The van der Waals surface area contributed by atoms with Crippen LogP contribution in [-0.2, 0) is 0 Å². The Bertz CT molecular complexity index is 805. The Morgan fingerprint density at radius 3 is 2.45 bits per heavy atom. The molecule has 3 aromatic rings. The zero-order chi connectivity index (χ0) is 14.1. The number of hydrogen-bond acceptors (Lipinski definition) is 2. The lowest BCUT2D eigenvalue weighted by atomic mass is 10.0. The Balaban J connectivity index is 2.08. The van der Waals surface area contributed by atoms with E-state index in [0.717, 1.165) is 21.9 Å². The van der Waals surface area contributed by atoms with Gasteiger partial charge in [0.05, 0.1) is 0 Å². The maximum absolute atomic E-state index is 12.6. The second-order valence-corrected chi connectivity index (χ2v) is 5.07. The molecule has 20 heavy (non-hydrogen) atoms. The molecule has 2 nitrogen and oxygen atoms in total. The molecule has 0 spiro atoms. The van der Waals surface area contributed by atoms with Gasteiger partial charge in [-0.3, -0.25) is 9.78 Å². The highest BCUT2D eigenvalue weighted by molar-refractivity contribution is 6.10. The number of pyridine rings is 1. The zero-order valence-corrected chi connectivity index (χ0v) is 11.6. The first-order valence-electron chi connectivity index (χ1n) is 6.62. The molecular formula is C18H15NO. The van der Waals surface area contributed by atoms with Crippen LogP contribution in [0.15, 0.2) is 54.7 Å². The first-order chi connectivity index (χ1) is 9.65. The monoisotopic (exact) mass is 261 g/mol. The van der Waals surface area contributed by atoms with Crippen molar-refractivity contribution in [1.82, 2.24) is 4.98 Å². The number of carbonyl (C=O) groups is 1. The van der Waals surface area contributed by atoms with Crippen LogP contribution in [0.5, 0.6) is 0 Å². The molecule has 0 aliphatic carbocycles. The van der Waals surface area contributed by atoms with Crippen molar-refractivity contribution in [1.29, 1.82) is 0 Å². The number of carbonyl (C=O) groups excluding carboxylic acids is 1. The molecule has 0 radical (unpaired) electrons. The first-order valence-corrected chi connectivity index (χ1v) is 6.62. The molecule has 0 aliphatic heterocycles. The van der Waals surface area contributed by atoms with Crippen LogP contribution in [0.3, 0.4) is 0 Å². The summed E-state index contributed by atoms with van der Waals surface area (Å²) in [5.41, 5.74) is 3.20. The Kier molecular flexibility index (Phi) is 3.07. The summed E-state index contributed by atoms with van der Waals surface area (Å²) in [7, 11) is 0. The third kappa shape index (κ3) is 2.21. The number of rotatable bonds is 2. The summed E-state index contributed by atoms with van der Waals surface area (Å²) in [5.74, 6) is -0.0201. The van der Waals surface area contributed by atoms with Crippen molar-refractivity contribution in [3.8, 4) is 0 Å². The van der Waals surface area contributed by atoms with E-state index in [1.807, 2.05) is 62.4 Å². The molecule has 0 unspecified atom stereocenters. The van der Waals surface area contributed by atoms with E-state index >= 15 is 0 Å². The molecular weight excluding hydrogens is 246 g/mol. The van der Waals surface area contributed by atoms with Gasteiger partial charge in [-0.1, -0.05) is 42.5 Å². The summed E-state index contributed by atoms with van der Waals surface area (Å²) in [6, 6.07) is 15.8. The van der Waals surface area contributed by atoms with E-state index in [2.05, 4.69) is 4.98 Å². The van der Waals surface area contributed by atoms with Crippen molar-refractivity contribution in [2.45, 2.75) is 13.8 Å². The first kappa shape index (κ1) is 12.5. The molecule has 1 aromatic heterocycles. The van der Waals surface area contributed by atoms with Crippen LogP contribution < -0.4 is 0 Å². The molecule has 0 aliphatic rings. The van der Waals surface area contributed by atoms with Gasteiger partial charge in [-0.2, -0.15) is 0 Å². The van der Waals surface area contributed by atoms with Crippen molar-refractivity contribution in [2.75, 3.05) is 0 Å². The molecule has 0 amide bonds. The smallest absolute Gasteiger partial charge is 0.211 e. The third-order valence-corrected chi connectivity index (χ3v) is 3.44. The summed E-state index contributed by atoms with van der Waals surface area (Å²) in [4.78, 5) is 16.8. The van der Waals surface area contributed by atoms with Gasteiger partial charge in [0.2, 0.25) is 5.78 Å². The number of ketones is 1. The molecule has 0 atom stereocenters. The van der Waals surface area contributed by atoms with Crippen LogP contribution in [0.2, 0.25) is 0 Å². The van der Waals surface area contributed by atoms with Gasteiger partial charge in [0.25, 0.3) is 0 Å². The van der Waals surface area contributed by atoms with Crippen LogP contribution >= 0.6 is 0 Å². The number of hydrogen-bond donors (Lipinski definition) is 0. The van der Waals surface area contributed by atoms with Crippen LogP contribution in [0.1, 0.15) is 27.2 Å². The topological polar surface area (TPSA) is 30.0 Å². The second-order valence-electron chi connectivity index (χ2n) is 5.07. The lowest BCUT2D eigenvalue weighted by Crippen LogP contribution is -2.06. The molecule has 0 N–H and O–H groups in total. The minimum atomic E-state index is -0.0201. The van der Waals surface area contributed by atoms with Crippen molar-refractivity contribution in [3.05, 3.63) is 77.1 Å². The van der Waals surface area contributed by atoms with Gasteiger partial charge in [0.1, 0.15) is 5.69 Å². The van der Waals surface area contributed by atoms with E-state index < -0.39 is 0 Å². The predicted molar refractivity (Wildman–Crippen MR) is 81.1 cm³/mol. The van der Waals surface area contributed by atoms with Crippen molar-refractivity contribution >= 4 is 16.6 Å². The second kappa shape index (κ2) is 4.89. The Morgan fingerprint density at radius 1 is 0.950 bits per heavy atom. The minimum absolute atomic E-state index is 0.0201. The molecule has 0 bridgehead atoms. The average Bonchev–Trinajstić information content (AvgIpc) is 2.46. The summed E-state index contributed by atoms with van der Waals surface area (Å²) in [6.07, 6.45) is 1.74. The highest BCUT2D eigenvalue weighted by atomic mass is 16.1. The molecule has 0 saturated carbocycles. The fourth-order valence-corrected chi connectivity index (χ4v) is 2.42. The van der Waals surface area contributed by atoms with Gasteiger partial charge in [-0.05, 0) is 41.8 Å². The Labute approximate surface area is 118 Å². The van der Waals surface area contributed by atoms with Gasteiger partial charge in [-0.15, -0.1) is 0 Å². The van der Waals surface area contributed by atoms with Crippen LogP contribution in [0, 0.1) is 13.8 Å². The fraction of sp³-hybridized carbons (Fsp3) is 0.111. The summed E-state index contributed by atoms with van der Waals surface area (Å²) in [5, 5.41) is 2.21. The lowest BCUT2D eigenvalue weighted by Gasteiger charge is -2.06. The number of aromatic nitrogens is 1. The largest absolute Gasteiger partial charge is 0.287 e. The van der Waals surface area contributed by atoms with Gasteiger partial charge in [0, 0.05) is 11.8 Å². The lowest BCUT2D eigenvalue weighted by molar-refractivity contribution is 0.103. The molecule has 0 saturated heterocycles. The molecule has 1 heterocycles. The molecule has 2 heteroatoms. The summed E-state index contributed by atoms with van der Waals surface area (Å²) in [6.45, 7) is 3.90. The SMILES string of the molecule is Cc1cnc(C(=O)c2ccc3ccccc3c2)c(C)c1. The predicted octanol–water partition coefficient (Wildman–Crippen LogP) is 4.08. The summed E-state index contributed by atoms with van der Waals surface area (Å²) >= 11 is 0. The molecule has 2 aromatic carbocycles. The van der Waals surface area contributed by atoms with Crippen LogP contribution in [0.25, 0.3) is 10.8 Å². The van der Waals surface area contributed by atoms with E-state index in [-0.39, 0.29) is 5.78 Å². The van der Waals surface area contributed by atoms with Crippen molar-refractivity contribution in [3.63, 3.8) is 0 Å². The molecule has 98 valence electrons. The fourth-order valence-electron chi connectivity index (χ4n) is 2.42. The number of aryl methyl sites for hydroxylation is 2. The van der Waals surface area contributed by atoms with Gasteiger partial charge < -0.3 is 0 Å². The maximum Gasteiger partial charge on any atom is 0.211 e. The van der Waals surface area contributed by atoms with E-state index in [1.54, 1.807) is 6.20 Å². The minimum Gasteiger partial charge on any atom is -0.287 e. The Hall–Kier alpha value is -2.48. The van der Waals surface area contributed by atoms with E-state index in [4.69, 9.17) is 0 Å². The standard InChI is InChI=1S/C18H15NO/c1-12-9-13(2)17(19-11-12)18(20)16-8-7-14-5-3-4-6-15(14)10-16/h3-11H,1-2H3. The van der Waals surface area contributed by atoms with Crippen LogP contribution in [0.4, 0.5) is 0 Å². The number of nitrogens with zero attached hydrogens (tertiary/aromatic N) is 1. The Morgan fingerprint density at radius 2 is 1.70 bits per heavy atom. The van der Waals surface area contributed by atoms with Crippen molar-refractivity contribution < 1.29 is 4.79 Å². The van der Waals surface area contributed by atoms with Gasteiger partial charge in [-0.25, -0.2) is 0 Å². The van der Waals surface area contributed by atoms with E-state index in [0.29, 0.717) is 11.3 Å². The molecule has 0 fully saturated rings. The highest BCUT2D eigenvalue weighted by Gasteiger charge is 2.13. The molecule has 3 rings (SSSR count). The average molecular weight is 261 g/mol. The summed E-state index contributed by atoms with van der Waals surface area (Å²) < 4.78 is 0. The number of fused-ring (bicyclic) bond motifs is 1. The number of benzene rings is 2. The van der Waals surface area contributed by atoms with E-state index in [9.17, 15) is 4.79 Å².